The fourth-order valence-electron chi connectivity index (χ4n) is 11.2. The van der Waals surface area contributed by atoms with E-state index in [0.29, 0.717) is 17.4 Å². The minimum atomic E-state index is -4.70. The van der Waals surface area contributed by atoms with Crippen molar-refractivity contribution < 1.29 is 37.3 Å². The van der Waals surface area contributed by atoms with Crippen molar-refractivity contribution in [1.82, 2.24) is 5.32 Å². The van der Waals surface area contributed by atoms with Gasteiger partial charge >= 0.3 is 5.97 Å². The fraction of sp³-hybridized carbons (Fsp3) is 0.868. The monoisotopic (exact) mass is 1230 g/mol. The molecule has 0 aliphatic carbocycles. The SMILES string of the molecule is CCCCC/C=C\C/C=C\C/C=C\CCCCCCCCCCCCCCC(=O)OC(/C=C/CCCCCCCCCCCC)C(COP(=O)([O-])OCC[N+](C)(C)C)NC(=O)CCCCCCCCCCCCCCCCCCCCCCCCC. The van der Waals surface area contributed by atoms with Gasteiger partial charge < -0.3 is 28.5 Å². The number of ether oxygens (including phenoxy) is 1. The van der Waals surface area contributed by atoms with E-state index < -0.39 is 20.0 Å². The summed E-state index contributed by atoms with van der Waals surface area (Å²) in [5.41, 5.74) is 0. The number of likely N-dealkylation sites (N-methyl/N-ethyl adjacent to an activating group) is 1. The molecule has 1 amide bonds. The molecule has 0 aliphatic heterocycles. The van der Waals surface area contributed by atoms with Gasteiger partial charge in [0.1, 0.15) is 19.3 Å². The van der Waals surface area contributed by atoms with Crippen LogP contribution in [0.1, 0.15) is 374 Å². The second-order valence-electron chi connectivity index (χ2n) is 26.8. The maximum atomic E-state index is 13.6. The number of allylic oxidation sites excluding steroid dienone is 7. The van der Waals surface area contributed by atoms with Crippen molar-refractivity contribution in [3.05, 3.63) is 48.6 Å². The number of carbonyl (C=O) groups excluding carboxylic acids is 2. The number of nitrogens with one attached hydrogen (secondary N) is 1. The molecular weight excluding hydrogens is 1080 g/mol. The average molecular weight is 1230 g/mol. The molecule has 0 aromatic heterocycles. The van der Waals surface area contributed by atoms with Crippen LogP contribution >= 0.6 is 7.82 Å². The summed E-state index contributed by atoms with van der Waals surface area (Å²) in [4.78, 5) is 40.2. The molecule has 0 rings (SSSR count). The molecule has 86 heavy (non-hydrogen) atoms. The second-order valence-corrected chi connectivity index (χ2v) is 28.2. The summed E-state index contributed by atoms with van der Waals surface area (Å²) in [6, 6.07) is -0.887. The van der Waals surface area contributed by atoms with Gasteiger partial charge in [-0.3, -0.25) is 14.2 Å². The first-order chi connectivity index (χ1) is 41.9. The molecule has 0 bridgehead atoms. The smallest absolute Gasteiger partial charge is 0.306 e. The number of carbonyl (C=O) groups is 2. The fourth-order valence-corrected chi connectivity index (χ4v) is 12.0. The minimum Gasteiger partial charge on any atom is -0.756 e. The highest BCUT2D eigenvalue weighted by molar-refractivity contribution is 7.45. The first kappa shape index (κ1) is 84.0. The summed E-state index contributed by atoms with van der Waals surface area (Å²) in [5, 5.41) is 3.05. The van der Waals surface area contributed by atoms with Gasteiger partial charge in [0.05, 0.1) is 33.8 Å². The van der Waals surface area contributed by atoms with Crippen molar-refractivity contribution in [2.45, 2.75) is 386 Å². The summed E-state index contributed by atoms with van der Waals surface area (Å²) in [6.45, 7) is 6.88. The van der Waals surface area contributed by atoms with E-state index in [1.807, 2.05) is 33.3 Å². The molecule has 0 aromatic rings. The molecule has 0 fully saturated rings. The molecule has 10 heteroatoms. The summed E-state index contributed by atoms with van der Waals surface area (Å²) in [5.74, 6) is -0.523. The van der Waals surface area contributed by atoms with Crippen LogP contribution in [0.5, 0.6) is 0 Å². The Kier molecular flexibility index (Phi) is 64.4. The van der Waals surface area contributed by atoms with Crippen LogP contribution < -0.4 is 10.2 Å². The van der Waals surface area contributed by atoms with Gasteiger partial charge in [-0.1, -0.05) is 339 Å². The zero-order valence-electron chi connectivity index (χ0n) is 58.0. The summed E-state index contributed by atoms with van der Waals surface area (Å²) < 4.78 is 30.5. The van der Waals surface area contributed by atoms with Gasteiger partial charge in [-0.2, -0.15) is 0 Å². The van der Waals surface area contributed by atoms with Gasteiger partial charge in [0.2, 0.25) is 5.91 Å². The first-order valence-corrected chi connectivity index (χ1v) is 38.9. The second kappa shape index (κ2) is 65.9. The van der Waals surface area contributed by atoms with E-state index in [4.69, 9.17) is 13.8 Å². The van der Waals surface area contributed by atoms with Gasteiger partial charge in [0, 0.05) is 12.8 Å². The van der Waals surface area contributed by atoms with Crippen LogP contribution in [0.15, 0.2) is 48.6 Å². The number of phosphoric acid groups is 1. The van der Waals surface area contributed by atoms with E-state index >= 15 is 0 Å². The topological polar surface area (TPSA) is 114 Å². The lowest BCUT2D eigenvalue weighted by Gasteiger charge is -2.30. The quantitative estimate of drug-likeness (QED) is 0.0212. The summed E-state index contributed by atoms with van der Waals surface area (Å²) in [7, 11) is 1.20. The van der Waals surface area contributed by atoms with Gasteiger partial charge in [0.15, 0.2) is 0 Å². The zero-order chi connectivity index (χ0) is 62.8. The first-order valence-electron chi connectivity index (χ1n) is 37.4. The van der Waals surface area contributed by atoms with Gasteiger partial charge in [-0.05, 0) is 70.3 Å². The maximum Gasteiger partial charge on any atom is 0.306 e. The highest BCUT2D eigenvalue weighted by atomic mass is 31.2. The van der Waals surface area contributed by atoms with E-state index in [1.54, 1.807) is 0 Å². The number of unbranched alkanes of at least 4 members (excludes halogenated alkanes) is 47. The number of hydrogen-bond acceptors (Lipinski definition) is 7. The molecule has 1 N–H and O–H groups in total. The van der Waals surface area contributed by atoms with E-state index in [2.05, 4.69) is 62.5 Å². The third-order valence-electron chi connectivity index (χ3n) is 17.0. The van der Waals surface area contributed by atoms with E-state index in [0.717, 1.165) is 70.6 Å². The molecule has 0 aliphatic rings. The molecular formula is C76H145N2O7P. The average Bonchev–Trinajstić information content (AvgIpc) is 3.65. The minimum absolute atomic E-state index is 0.0203. The zero-order valence-corrected chi connectivity index (χ0v) is 58.9. The standard InChI is InChI=1S/C76H145N2O7P/c1-7-10-13-16-19-22-25-28-30-32-34-36-38-39-41-43-45-47-49-51-54-57-60-63-66-69-76(80)85-74(67-64-61-58-55-52-27-24-21-18-15-12-9-3)73(72-84-86(81,82)83-71-70-78(4,5)6)77-75(79)68-65-62-59-56-53-50-48-46-44-42-40-37-35-33-31-29-26-23-20-17-14-11-8-2/h19,22,28,30,34,36,64,67,73-74H,7-18,20-21,23-27,29,31-33,35,37-63,65-66,68-72H2,1-6H3,(H-,77,79,81,82)/b22-19-,30-28-,36-34-,67-64+. The number of hydrogen-bond donors (Lipinski definition) is 1. The Hall–Kier alpha value is -2.03. The maximum absolute atomic E-state index is 13.6. The number of esters is 1. The Bertz CT molecular complexity index is 1610. The van der Waals surface area contributed by atoms with Crippen LogP contribution in [0, 0.1) is 0 Å². The van der Waals surface area contributed by atoms with Crippen LogP contribution in [0.3, 0.4) is 0 Å². The van der Waals surface area contributed by atoms with Crippen LogP contribution in [0.2, 0.25) is 0 Å². The highest BCUT2D eigenvalue weighted by Crippen LogP contribution is 2.38. The third kappa shape index (κ3) is 66.4. The van der Waals surface area contributed by atoms with E-state index in [1.165, 1.54) is 270 Å². The number of rotatable bonds is 69. The third-order valence-corrected chi connectivity index (χ3v) is 18.0. The van der Waals surface area contributed by atoms with Crippen LogP contribution in [-0.4, -0.2) is 69.4 Å². The molecule has 0 saturated carbocycles. The molecule has 0 spiro atoms. The molecule has 9 nitrogen and oxygen atoms in total. The molecule has 0 radical (unpaired) electrons. The molecule has 0 saturated heterocycles. The Morgan fingerprint density at radius 3 is 1.08 bits per heavy atom. The van der Waals surface area contributed by atoms with Gasteiger partial charge in [-0.15, -0.1) is 0 Å². The van der Waals surface area contributed by atoms with Crippen molar-refractivity contribution in [3.63, 3.8) is 0 Å². The largest absolute Gasteiger partial charge is 0.756 e. The predicted molar refractivity (Wildman–Crippen MR) is 372 cm³/mol. The van der Waals surface area contributed by atoms with E-state index in [-0.39, 0.29) is 31.5 Å². The Morgan fingerprint density at radius 2 is 0.709 bits per heavy atom. The molecule has 0 aromatic carbocycles. The molecule has 3 atom stereocenters. The van der Waals surface area contributed by atoms with Crippen molar-refractivity contribution >= 4 is 19.7 Å². The van der Waals surface area contributed by atoms with E-state index in [9.17, 15) is 19.0 Å². The van der Waals surface area contributed by atoms with Crippen molar-refractivity contribution in [2.75, 3.05) is 40.9 Å². The normalized spacial score (nSPS) is 13.7. The van der Waals surface area contributed by atoms with Crippen LogP contribution in [0.25, 0.3) is 0 Å². The molecule has 506 valence electrons. The van der Waals surface area contributed by atoms with Crippen molar-refractivity contribution in [3.8, 4) is 0 Å². The number of nitrogens with zero attached hydrogens (tertiary/aromatic N) is 1. The van der Waals surface area contributed by atoms with Crippen LogP contribution in [0.4, 0.5) is 0 Å². The number of amides is 1. The number of quaternary nitrogens is 1. The summed E-state index contributed by atoms with van der Waals surface area (Å²) >= 11 is 0. The van der Waals surface area contributed by atoms with Crippen molar-refractivity contribution in [1.29, 1.82) is 0 Å². The number of phosphoric ester groups is 1. The Morgan fingerprint density at radius 1 is 0.407 bits per heavy atom. The Balaban J connectivity index is 4.99. The summed E-state index contributed by atoms with van der Waals surface area (Å²) in [6.07, 6.45) is 83.8. The Labute approximate surface area is 535 Å². The van der Waals surface area contributed by atoms with Crippen LogP contribution in [-0.2, 0) is 27.9 Å². The van der Waals surface area contributed by atoms with Gasteiger partial charge in [-0.25, -0.2) is 0 Å². The lowest BCUT2D eigenvalue weighted by atomic mass is 10.0. The molecule has 3 unspecified atom stereocenters. The predicted octanol–water partition coefficient (Wildman–Crippen LogP) is 23.3. The van der Waals surface area contributed by atoms with Gasteiger partial charge in [0.25, 0.3) is 7.82 Å². The molecule has 0 heterocycles. The highest BCUT2D eigenvalue weighted by Gasteiger charge is 2.27. The van der Waals surface area contributed by atoms with Crippen molar-refractivity contribution in [2.24, 2.45) is 0 Å². The lowest BCUT2D eigenvalue weighted by Crippen LogP contribution is -2.47. The lowest BCUT2D eigenvalue weighted by molar-refractivity contribution is -0.870.